The molecule has 6 nitrogen and oxygen atoms in total. The van der Waals surface area contributed by atoms with Crippen molar-refractivity contribution < 1.29 is 26.3 Å². The van der Waals surface area contributed by atoms with E-state index in [1.807, 2.05) is 6.92 Å². The van der Waals surface area contributed by atoms with E-state index in [0.717, 1.165) is 19.3 Å². The van der Waals surface area contributed by atoms with Crippen molar-refractivity contribution in [1.29, 1.82) is 0 Å². The lowest BCUT2D eigenvalue weighted by Gasteiger charge is -1.91. The Hall–Kier alpha value is -0.180. The average Bonchev–Trinajstić information content (AvgIpc) is 2.93. The first-order valence-corrected chi connectivity index (χ1v) is 10.8. The largest absolute Gasteiger partial charge is 0.382 e. The summed E-state index contributed by atoms with van der Waals surface area (Å²) in [6, 6.07) is 0. The van der Waals surface area contributed by atoms with Gasteiger partial charge in [-0.3, -0.25) is 0 Å². The highest BCUT2D eigenvalue weighted by molar-refractivity contribution is 7.91. The summed E-state index contributed by atoms with van der Waals surface area (Å²) in [5.41, 5.74) is 0. The second-order valence-electron chi connectivity index (χ2n) is 5.35. The molecule has 0 radical (unpaired) electrons. The van der Waals surface area contributed by atoms with Gasteiger partial charge in [-0.25, -0.2) is 16.8 Å². The van der Waals surface area contributed by atoms with E-state index in [9.17, 15) is 16.8 Å². The van der Waals surface area contributed by atoms with Crippen LogP contribution in [-0.4, -0.2) is 67.3 Å². The van der Waals surface area contributed by atoms with Gasteiger partial charge in [-0.05, 0) is 25.2 Å². The fraction of sp³-hybridized carbons (Fsp3) is 1.00. The third-order valence-electron chi connectivity index (χ3n) is 3.11. The molecule has 128 valence electrons. The molecule has 0 saturated carbocycles. The molecule has 0 spiro atoms. The Kier molecular flexibility index (Phi) is 10.4. The molecule has 2 heterocycles. The van der Waals surface area contributed by atoms with Crippen molar-refractivity contribution in [1.82, 2.24) is 0 Å². The van der Waals surface area contributed by atoms with E-state index in [0.29, 0.717) is 42.1 Å². The molecule has 2 aliphatic rings. The van der Waals surface area contributed by atoms with Crippen molar-refractivity contribution >= 4 is 19.7 Å². The van der Waals surface area contributed by atoms with Crippen molar-refractivity contribution in [2.45, 2.75) is 26.2 Å². The van der Waals surface area contributed by atoms with Gasteiger partial charge in [0, 0.05) is 14.2 Å². The Labute approximate surface area is 129 Å². The lowest BCUT2D eigenvalue weighted by Crippen LogP contribution is -2.01. The summed E-state index contributed by atoms with van der Waals surface area (Å²) < 4.78 is 51.5. The van der Waals surface area contributed by atoms with Crippen LogP contribution >= 0.6 is 0 Å². The van der Waals surface area contributed by atoms with Gasteiger partial charge in [0.1, 0.15) is 9.84 Å². The molecule has 0 N–H and O–H groups in total. The standard InChI is InChI=1S/C5H10O2S.C4H8O2S.C4H10O2/c1-5-2-3-8(6,7)4-5;5-7(6)3-1-2-4-7;1-5-3-4-6-2/h5H,2-4H2,1H3;1-4H2;3-4H2,1-2H3. The maximum Gasteiger partial charge on any atom is 0.150 e. The number of hydrogen-bond donors (Lipinski definition) is 0. The van der Waals surface area contributed by atoms with E-state index in [1.165, 1.54) is 0 Å². The molecule has 0 amide bonds. The Morgan fingerprint density at radius 3 is 1.48 bits per heavy atom. The maximum absolute atomic E-state index is 10.6. The number of rotatable bonds is 3. The van der Waals surface area contributed by atoms with Gasteiger partial charge < -0.3 is 9.47 Å². The summed E-state index contributed by atoms with van der Waals surface area (Å²) in [5.74, 6) is 2.07. The number of hydrogen-bond acceptors (Lipinski definition) is 6. The molecule has 0 aromatic rings. The molecule has 2 aliphatic heterocycles. The lowest BCUT2D eigenvalue weighted by atomic mass is 10.2. The smallest absolute Gasteiger partial charge is 0.150 e. The van der Waals surface area contributed by atoms with Crippen LogP contribution in [0, 0.1) is 5.92 Å². The zero-order chi connectivity index (χ0) is 16.4. The molecule has 0 aromatic carbocycles. The molecule has 1 unspecified atom stereocenters. The molecule has 2 saturated heterocycles. The van der Waals surface area contributed by atoms with Crippen LogP contribution in [0.3, 0.4) is 0 Å². The molecular weight excluding hydrogens is 316 g/mol. The van der Waals surface area contributed by atoms with E-state index in [-0.39, 0.29) is 0 Å². The van der Waals surface area contributed by atoms with Gasteiger partial charge >= 0.3 is 0 Å². The van der Waals surface area contributed by atoms with E-state index >= 15 is 0 Å². The van der Waals surface area contributed by atoms with Crippen LogP contribution in [0.2, 0.25) is 0 Å². The lowest BCUT2D eigenvalue weighted by molar-refractivity contribution is 0.103. The van der Waals surface area contributed by atoms with Crippen LogP contribution in [0.15, 0.2) is 0 Å². The minimum atomic E-state index is -2.60. The van der Waals surface area contributed by atoms with Crippen LogP contribution in [0.25, 0.3) is 0 Å². The first-order chi connectivity index (χ1) is 9.72. The quantitative estimate of drug-likeness (QED) is 0.708. The second kappa shape index (κ2) is 10.5. The third kappa shape index (κ3) is 12.1. The van der Waals surface area contributed by atoms with Gasteiger partial charge in [-0.1, -0.05) is 6.92 Å². The molecule has 1 atom stereocenters. The molecule has 0 aliphatic carbocycles. The predicted molar refractivity (Wildman–Crippen MR) is 84.1 cm³/mol. The Balaban J connectivity index is 0.000000290. The van der Waals surface area contributed by atoms with Crippen molar-refractivity contribution in [3.63, 3.8) is 0 Å². The third-order valence-corrected chi connectivity index (χ3v) is 6.87. The summed E-state index contributed by atoms with van der Waals surface area (Å²) >= 11 is 0. The van der Waals surface area contributed by atoms with E-state index in [1.54, 1.807) is 14.2 Å². The second-order valence-corrected chi connectivity index (χ2v) is 9.89. The zero-order valence-electron chi connectivity index (χ0n) is 13.2. The summed E-state index contributed by atoms with van der Waals surface area (Å²) in [6.07, 6.45) is 2.62. The fourth-order valence-corrected chi connectivity index (χ4v) is 5.35. The van der Waals surface area contributed by atoms with Gasteiger partial charge in [0.05, 0.1) is 36.2 Å². The minimum Gasteiger partial charge on any atom is -0.382 e. The average molecular weight is 344 g/mol. The highest BCUT2D eigenvalue weighted by Gasteiger charge is 2.23. The van der Waals surface area contributed by atoms with Crippen LogP contribution in [0.4, 0.5) is 0 Å². The van der Waals surface area contributed by atoms with Crippen LogP contribution < -0.4 is 0 Å². The fourth-order valence-electron chi connectivity index (χ4n) is 1.89. The van der Waals surface area contributed by atoms with Crippen LogP contribution in [0.1, 0.15) is 26.2 Å². The molecule has 2 fully saturated rings. The maximum atomic E-state index is 10.6. The topological polar surface area (TPSA) is 86.7 Å². The van der Waals surface area contributed by atoms with Crippen molar-refractivity contribution in [2.24, 2.45) is 5.92 Å². The summed E-state index contributed by atoms with van der Waals surface area (Å²) in [5, 5.41) is 0. The summed E-state index contributed by atoms with van der Waals surface area (Å²) in [6.45, 7) is 3.36. The molecule has 0 bridgehead atoms. The first-order valence-electron chi connectivity index (χ1n) is 7.11. The first kappa shape index (κ1) is 20.8. The molecular formula is C13H28O6S2. The normalized spacial score (nSPS) is 25.4. The van der Waals surface area contributed by atoms with Gasteiger partial charge in [-0.15, -0.1) is 0 Å². The SMILES string of the molecule is CC1CCS(=O)(=O)C1.COCCOC.O=S1(=O)CCCC1. The Morgan fingerprint density at radius 1 is 0.857 bits per heavy atom. The molecule has 2 rings (SSSR count). The zero-order valence-corrected chi connectivity index (χ0v) is 14.8. The van der Waals surface area contributed by atoms with Crippen LogP contribution in [-0.2, 0) is 29.1 Å². The highest BCUT2D eigenvalue weighted by atomic mass is 32.2. The van der Waals surface area contributed by atoms with Gasteiger partial charge in [0.25, 0.3) is 0 Å². The Morgan fingerprint density at radius 2 is 1.33 bits per heavy atom. The van der Waals surface area contributed by atoms with Crippen molar-refractivity contribution in [2.75, 3.05) is 50.4 Å². The van der Waals surface area contributed by atoms with Gasteiger partial charge in [-0.2, -0.15) is 0 Å². The van der Waals surface area contributed by atoms with Gasteiger partial charge in [0.2, 0.25) is 0 Å². The van der Waals surface area contributed by atoms with E-state index in [4.69, 9.17) is 0 Å². The number of ether oxygens (including phenoxy) is 2. The summed E-state index contributed by atoms with van der Waals surface area (Å²) in [7, 11) is -1.84. The molecule has 0 aromatic heterocycles. The predicted octanol–water partition coefficient (Wildman–Crippen LogP) is 0.915. The minimum absolute atomic E-state index is 0.403. The van der Waals surface area contributed by atoms with Crippen molar-refractivity contribution in [3.05, 3.63) is 0 Å². The number of sulfone groups is 2. The van der Waals surface area contributed by atoms with Crippen LogP contribution in [0.5, 0.6) is 0 Å². The van der Waals surface area contributed by atoms with E-state index < -0.39 is 19.7 Å². The summed E-state index contributed by atoms with van der Waals surface area (Å²) in [4.78, 5) is 0. The van der Waals surface area contributed by atoms with Crippen molar-refractivity contribution in [3.8, 4) is 0 Å². The van der Waals surface area contributed by atoms with E-state index in [2.05, 4.69) is 9.47 Å². The monoisotopic (exact) mass is 344 g/mol. The molecule has 21 heavy (non-hydrogen) atoms. The Bertz CT molecular complexity index is 439. The number of methoxy groups -OCH3 is 2. The highest BCUT2D eigenvalue weighted by Crippen LogP contribution is 2.16. The molecule has 8 heteroatoms. The van der Waals surface area contributed by atoms with Gasteiger partial charge in [0.15, 0.2) is 9.84 Å².